The molecule has 1 aromatic rings. The van der Waals surface area contributed by atoms with E-state index in [1.54, 1.807) is 4.57 Å². The topological polar surface area (TPSA) is 88.6 Å². The van der Waals surface area contributed by atoms with Crippen molar-refractivity contribution in [3.63, 3.8) is 0 Å². The van der Waals surface area contributed by atoms with Crippen LogP contribution in [0.1, 0.15) is 44.2 Å². The van der Waals surface area contributed by atoms with Gasteiger partial charge in [0.2, 0.25) is 0 Å². The molecule has 0 bridgehead atoms. The first-order valence-corrected chi connectivity index (χ1v) is 7.03. The first kappa shape index (κ1) is 15.5. The van der Waals surface area contributed by atoms with Crippen LogP contribution in [0, 0.1) is 16.0 Å². The van der Waals surface area contributed by atoms with Gasteiger partial charge in [-0.25, -0.2) is 0 Å². The maximum atomic E-state index is 12.5. The van der Waals surface area contributed by atoms with Gasteiger partial charge in [0.1, 0.15) is 11.3 Å². The number of hydrogen-bond donors (Lipinski definition) is 1. The largest absolute Gasteiger partial charge is 0.386 e. The molecule has 1 N–H and O–H groups in total. The van der Waals surface area contributed by atoms with Gasteiger partial charge in [-0.05, 0) is 19.8 Å². The van der Waals surface area contributed by atoms with E-state index in [1.807, 2.05) is 27.7 Å². The van der Waals surface area contributed by atoms with Crippen molar-refractivity contribution < 1.29 is 14.8 Å². The molecule has 1 fully saturated rings. The number of likely N-dealkylation sites (tertiary alicyclic amines) is 1. The number of aliphatic hydroxyl groups is 1. The molecule has 2 rings (SSSR count). The number of aromatic nitrogens is 1. The highest BCUT2D eigenvalue weighted by atomic mass is 16.6. The van der Waals surface area contributed by atoms with Gasteiger partial charge >= 0.3 is 0 Å². The number of β-amino-alcohol motifs (C(OH)–C–C–N with tert-alkyl or cyclic N) is 1. The Bertz CT molecular complexity index is 571. The Morgan fingerprint density at radius 1 is 1.38 bits per heavy atom. The second-order valence-electron chi connectivity index (χ2n) is 6.26. The highest BCUT2D eigenvalue weighted by Gasteiger charge is 2.46. The summed E-state index contributed by atoms with van der Waals surface area (Å²) in [5.41, 5.74) is -0.647. The minimum absolute atomic E-state index is 0.0529. The molecule has 0 spiro atoms. The van der Waals surface area contributed by atoms with Gasteiger partial charge in [0, 0.05) is 12.1 Å². The monoisotopic (exact) mass is 295 g/mol. The third-order valence-electron chi connectivity index (χ3n) is 4.11. The molecule has 0 aliphatic carbocycles. The number of carbonyl (C=O) groups excluding carboxylic acids is 1. The lowest BCUT2D eigenvalue weighted by atomic mass is 9.83. The van der Waals surface area contributed by atoms with Crippen LogP contribution in [-0.4, -0.2) is 44.1 Å². The Labute approximate surface area is 123 Å². The van der Waals surface area contributed by atoms with Crippen LogP contribution in [0.3, 0.4) is 0 Å². The van der Waals surface area contributed by atoms with Gasteiger partial charge in [0.25, 0.3) is 11.6 Å². The van der Waals surface area contributed by atoms with Crippen molar-refractivity contribution in [1.29, 1.82) is 0 Å². The molecule has 0 aromatic carbocycles. The lowest BCUT2D eigenvalue weighted by Gasteiger charge is -2.49. The van der Waals surface area contributed by atoms with Crippen LogP contribution in [0.5, 0.6) is 0 Å². The maximum Gasteiger partial charge on any atom is 0.287 e. The average Bonchev–Trinajstić information content (AvgIpc) is 2.79. The summed E-state index contributed by atoms with van der Waals surface area (Å²) < 4.78 is 1.60. The van der Waals surface area contributed by atoms with Crippen molar-refractivity contribution >= 4 is 11.6 Å². The first-order valence-electron chi connectivity index (χ1n) is 7.03. The summed E-state index contributed by atoms with van der Waals surface area (Å²) in [5.74, 6) is -0.213. The van der Waals surface area contributed by atoms with Crippen LogP contribution in [0.15, 0.2) is 12.3 Å². The fourth-order valence-electron chi connectivity index (χ4n) is 2.45. The summed E-state index contributed by atoms with van der Waals surface area (Å²) in [6, 6.07) is 1.25. The Morgan fingerprint density at radius 2 is 1.95 bits per heavy atom. The van der Waals surface area contributed by atoms with Gasteiger partial charge < -0.3 is 14.6 Å². The van der Waals surface area contributed by atoms with Crippen LogP contribution < -0.4 is 0 Å². The van der Waals surface area contributed by atoms with E-state index in [1.165, 1.54) is 17.2 Å². The zero-order chi connectivity index (χ0) is 15.9. The van der Waals surface area contributed by atoms with Crippen molar-refractivity contribution in [2.24, 2.45) is 5.92 Å². The molecule has 1 amide bonds. The Hall–Kier alpha value is -1.89. The smallest absolute Gasteiger partial charge is 0.287 e. The van der Waals surface area contributed by atoms with Gasteiger partial charge in [0.05, 0.1) is 24.2 Å². The number of carbonyl (C=O) groups is 1. The lowest BCUT2D eigenvalue weighted by molar-refractivity contribution is -0.384. The van der Waals surface area contributed by atoms with Crippen molar-refractivity contribution in [1.82, 2.24) is 9.47 Å². The fraction of sp³-hybridized carbons (Fsp3) is 0.643. The standard InChI is InChI=1S/C14H21N3O4/c1-9(2)14(19)7-15(8-14)13(18)12-5-11(17(20)21)6-16(12)10(3)4/h5-6,9-10,19H,7-8H2,1-4H3. The number of nitro groups is 1. The quantitative estimate of drug-likeness (QED) is 0.678. The third kappa shape index (κ3) is 2.65. The van der Waals surface area contributed by atoms with E-state index in [0.717, 1.165) is 0 Å². The summed E-state index contributed by atoms with van der Waals surface area (Å²) >= 11 is 0. The molecule has 21 heavy (non-hydrogen) atoms. The zero-order valence-electron chi connectivity index (χ0n) is 12.7. The molecule has 7 heteroatoms. The molecule has 0 unspecified atom stereocenters. The van der Waals surface area contributed by atoms with E-state index in [2.05, 4.69) is 0 Å². The molecular formula is C14H21N3O4. The third-order valence-corrected chi connectivity index (χ3v) is 4.11. The van der Waals surface area contributed by atoms with Gasteiger partial charge in [-0.3, -0.25) is 14.9 Å². The minimum atomic E-state index is -0.850. The van der Waals surface area contributed by atoms with Gasteiger partial charge in [-0.2, -0.15) is 0 Å². The Morgan fingerprint density at radius 3 is 2.38 bits per heavy atom. The highest BCUT2D eigenvalue weighted by molar-refractivity contribution is 5.94. The highest BCUT2D eigenvalue weighted by Crippen LogP contribution is 2.31. The Kier molecular flexibility index (Phi) is 3.79. The fourth-order valence-corrected chi connectivity index (χ4v) is 2.45. The molecule has 1 aliphatic rings. The summed E-state index contributed by atoms with van der Waals surface area (Å²) in [6.07, 6.45) is 1.38. The zero-order valence-corrected chi connectivity index (χ0v) is 12.7. The van der Waals surface area contributed by atoms with E-state index >= 15 is 0 Å². The molecule has 1 aromatic heterocycles. The minimum Gasteiger partial charge on any atom is -0.386 e. The SMILES string of the molecule is CC(C)n1cc([N+](=O)[O-])cc1C(=O)N1CC(O)(C(C)C)C1. The van der Waals surface area contributed by atoms with Crippen molar-refractivity contribution in [2.45, 2.75) is 39.3 Å². The van der Waals surface area contributed by atoms with Crippen LogP contribution in [0.4, 0.5) is 5.69 Å². The summed E-state index contributed by atoms with van der Waals surface area (Å²) in [5, 5.41) is 21.1. The van der Waals surface area contributed by atoms with E-state index in [-0.39, 0.29) is 36.6 Å². The average molecular weight is 295 g/mol. The molecule has 7 nitrogen and oxygen atoms in total. The van der Waals surface area contributed by atoms with Crippen LogP contribution in [0.2, 0.25) is 0 Å². The first-order chi connectivity index (χ1) is 9.65. The van der Waals surface area contributed by atoms with Gasteiger partial charge in [0.15, 0.2) is 0 Å². The normalized spacial score (nSPS) is 17.2. The number of hydrogen-bond acceptors (Lipinski definition) is 4. The molecule has 0 saturated carbocycles. The molecule has 2 heterocycles. The van der Waals surface area contributed by atoms with E-state index < -0.39 is 10.5 Å². The summed E-state index contributed by atoms with van der Waals surface area (Å²) in [4.78, 5) is 24.4. The van der Waals surface area contributed by atoms with E-state index in [9.17, 15) is 20.0 Å². The number of nitrogens with zero attached hydrogens (tertiary/aromatic N) is 3. The van der Waals surface area contributed by atoms with Crippen LogP contribution in [-0.2, 0) is 0 Å². The second-order valence-corrected chi connectivity index (χ2v) is 6.26. The predicted octanol–water partition coefficient (Wildman–Crippen LogP) is 1.82. The van der Waals surface area contributed by atoms with Crippen LogP contribution >= 0.6 is 0 Å². The lowest BCUT2D eigenvalue weighted by Crippen LogP contribution is -2.66. The number of rotatable bonds is 4. The summed E-state index contributed by atoms with van der Waals surface area (Å²) in [6.45, 7) is 8.07. The van der Waals surface area contributed by atoms with Gasteiger partial charge in [-0.1, -0.05) is 13.8 Å². The molecule has 116 valence electrons. The maximum absolute atomic E-state index is 12.5. The molecule has 1 saturated heterocycles. The molecule has 0 radical (unpaired) electrons. The predicted molar refractivity (Wildman–Crippen MR) is 77.2 cm³/mol. The van der Waals surface area contributed by atoms with Crippen molar-refractivity contribution in [3.8, 4) is 0 Å². The van der Waals surface area contributed by atoms with Crippen molar-refractivity contribution in [3.05, 3.63) is 28.1 Å². The molecular weight excluding hydrogens is 274 g/mol. The summed E-state index contributed by atoms with van der Waals surface area (Å²) in [7, 11) is 0. The van der Waals surface area contributed by atoms with E-state index in [4.69, 9.17) is 0 Å². The Balaban J connectivity index is 2.23. The molecule has 0 atom stereocenters. The van der Waals surface area contributed by atoms with Crippen LogP contribution in [0.25, 0.3) is 0 Å². The van der Waals surface area contributed by atoms with Crippen molar-refractivity contribution in [2.75, 3.05) is 13.1 Å². The van der Waals surface area contributed by atoms with E-state index in [0.29, 0.717) is 5.69 Å². The molecule has 1 aliphatic heterocycles. The van der Waals surface area contributed by atoms with Gasteiger partial charge in [-0.15, -0.1) is 0 Å². The number of amides is 1. The second kappa shape index (κ2) is 5.14.